The number of aromatic hydroxyl groups is 1. The molecule has 0 saturated carbocycles. The van der Waals surface area contributed by atoms with Crippen molar-refractivity contribution < 1.29 is 14.6 Å². The highest BCUT2D eigenvalue weighted by Gasteiger charge is 2.13. The summed E-state index contributed by atoms with van der Waals surface area (Å²) >= 11 is 0. The van der Waals surface area contributed by atoms with Crippen LogP contribution in [0.1, 0.15) is 17.2 Å². The van der Waals surface area contributed by atoms with Gasteiger partial charge in [0.1, 0.15) is 0 Å². The first-order valence-electron chi connectivity index (χ1n) is 3.91. The van der Waals surface area contributed by atoms with Crippen molar-refractivity contribution in [3.8, 4) is 5.75 Å². The van der Waals surface area contributed by atoms with Gasteiger partial charge >= 0.3 is 0 Å². The molecule has 3 nitrogen and oxygen atoms in total. The number of aliphatic hydroxyl groups excluding tert-OH is 1. The number of rotatable bonds is 2. The molecule has 0 aromatic heterocycles. The third kappa shape index (κ3) is 1.96. The fraction of sp³-hybridized carbons (Fsp3) is 0.333. The zero-order valence-electron chi connectivity index (χ0n) is 7.29. The predicted molar refractivity (Wildman–Crippen MR) is 46.8 cm³/mol. The van der Waals surface area contributed by atoms with Crippen molar-refractivity contribution in [2.24, 2.45) is 5.73 Å². The van der Waals surface area contributed by atoms with Gasteiger partial charge in [-0.25, -0.2) is 4.39 Å². The monoisotopic (exact) mass is 185 g/mol. The number of phenolic OH excluding ortho intramolecular Hbond substituents is 1. The van der Waals surface area contributed by atoms with E-state index in [9.17, 15) is 9.50 Å². The van der Waals surface area contributed by atoms with Gasteiger partial charge in [0.2, 0.25) is 0 Å². The van der Waals surface area contributed by atoms with Gasteiger partial charge in [0.15, 0.2) is 11.6 Å². The average Bonchev–Trinajstić information content (AvgIpc) is 2.10. The molecule has 72 valence electrons. The second-order valence-corrected chi connectivity index (χ2v) is 2.97. The van der Waals surface area contributed by atoms with Crippen LogP contribution in [-0.2, 0) is 0 Å². The van der Waals surface area contributed by atoms with Crippen LogP contribution in [-0.4, -0.2) is 16.8 Å². The predicted octanol–water partition coefficient (Wildman–Crippen LogP) is 0.832. The van der Waals surface area contributed by atoms with Crippen molar-refractivity contribution in [3.05, 3.63) is 29.1 Å². The first-order valence-corrected chi connectivity index (χ1v) is 3.91. The lowest BCUT2D eigenvalue weighted by atomic mass is 10.0. The maximum atomic E-state index is 12.9. The van der Waals surface area contributed by atoms with Gasteiger partial charge in [0.25, 0.3) is 0 Å². The lowest BCUT2D eigenvalue weighted by molar-refractivity contribution is 0.264. The maximum Gasteiger partial charge on any atom is 0.165 e. The highest BCUT2D eigenvalue weighted by molar-refractivity contribution is 5.39. The van der Waals surface area contributed by atoms with Crippen LogP contribution in [0, 0.1) is 12.7 Å². The molecule has 1 rings (SSSR count). The molecule has 13 heavy (non-hydrogen) atoms. The van der Waals surface area contributed by atoms with E-state index in [4.69, 9.17) is 10.8 Å². The summed E-state index contributed by atoms with van der Waals surface area (Å²) in [6, 6.07) is 2.02. The number of halogens is 1. The van der Waals surface area contributed by atoms with Crippen molar-refractivity contribution in [2.45, 2.75) is 13.0 Å². The molecule has 1 unspecified atom stereocenters. The van der Waals surface area contributed by atoms with Crippen LogP contribution in [0.3, 0.4) is 0 Å². The van der Waals surface area contributed by atoms with Gasteiger partial charge in [-0.1, -0.05) is 6.07 Å². The van der Waals surface area contributed by atoms with E-state index >= 15 is 0 Å². The summed E-state index contributed by atoms with van der Waals surface area (Å²) in [6.45, 7) is 1.37. The molecule has 0 spiro atoms. The molecule has 4 heteroatoms. The smallest absolute Gasteiger partial charge is 0.165 e. The zero-order valence-corrected chi connectivity index (χ0v) is 7.29. The molecule has 0 bridgehead atoms. The van der Waals surface area contributed by atoms with E-state index in [1.165, 1.54) is 6.07 Å². The molecule has 1 aromatic carbocycles. The van der Waals surface area contributed by atoms with Gasteiger partial charge in [0, 0.05) is 5.56 Å². The van der Waals surface area contributed by atoms with Crippen LogP contribution in [0.4, 0.5) is 4.39 Å². The summed E-state index contributed by atoms with van der Waals surface area (Å²) in [5.41, 5.74) is 6.35. The van der Waals surface area contributed by atoms with Crippen LogP contribution >= 0.6 is 0 Å². The summed E-state index contributed by atoms with van der Waals surface area (Å²) in [7, 11) is 0. The third-order valence-corrected chi connectivity index (χ3v) is 1.83. The lowest BCUT2D eigenvalue weighted by Gasteiger charge is -2.11. The van der Waals surface area contributed by atoms with Crippen LogP contribution < -0.4 is 5.73 Å². The first kappa shape index (κ1) is 9.95. The van der Waals surface area contributed by atoms with E-state index in [0.717, 1.165) is 0 Å². The largest absolute Gasteiger partial charge is 0.505 e. The average molecular weight is 185 g/mol. The molecule has 0 heterocycles. The molecule has 0 aliphatic carbocycles. The zero-order chi connectivity index (χ0) is 10.0. The van der Waals surface area contributed by atoms with Crippen molar-refractivity contribution >= 4 is 0 Å². The molecule has 0 radical (unpaired) electrons. The first-order chi connectivity index (χ1) is 6.06. The highest BCUT2D eigenvalue weighted by Crippen LogP contribution is 2.26. The fourth-order valence-electron chi connectivity index (χ4n) is 1.14. The topological polar surface area (TPSA) is 66.5 Å². The quantitative estimate of drug-likeness (QED) is 0.639. The second-order valence-electron chi connectivity index (χ2n) is 2.97. The number of benzene rings is 1. The third-order valence-electron chi connectivity index (χ3n) is 1.83. The molecular formula is C9H12FNO2. The van der Waals surface area contributed by atoms with E-state index in [1.54, 1.807) is 13.0 Å². The molecule has 0 amide bonds. The van der Waals surface area contributed by atoms with Crippen molar-refractivity contribution in [2.75, 3.05) is 6.61 Å². The van der Waals surface area contributed by atoms with E-state index in [-0.39, 0.29) is 12.2 Å². The fourth-order valence-corrected chi connectivity index (χ4v) is 1.14. The Balaban J connectivity index is 3.20. The van der Waals surface area contributed by atoms with Gasteiger partial charge in [-0.15, -0.1) is 0 Å². The van der Waals surface area contributed by atoms with E-state index in [1.807, 2.05) is 0 Å². The Morgan fingerprint density at radius 3 is 2.69 bits per heavy atom. The SMILES string of the molecule is Cc1cc(F)c(O)c(C(N)CO)c1. The van der Waals surface area contributed by atoms with E-state index in [2.05, 4.69) is 0 Å². The summed E-state index contributed by atoms with van der Waals surface area (Å²) in [6.07, 6.45) is 0. The van der Waals surface area contributed by atoms with Crippen LogP contribution in [0.5, 0.6) is 5.75 Å². The molecule has 0 aliphatic rings. The summed E-state index contributed by atoms with van der Waals surface area (Å²) in [5.74, 6) is -1.19. The molecule has 4 N–H and O–H groups in total. The number of nitrogens with two attached hydrogens (primary N) is 1. The number of aryl methyl sites for hydroxylation is 1. The van der Waals surface area contributed by atoms with Gasteiger partial charge in [-0.2, -0.15) is 0 Å². The minimum Gasteiger partial charge on any atom is -0.505 e. The van der Waals surface area contributed by atoms with Crippen LogP contribution in [0.2, 0.25) is 0 Å². The Morgan fingerprint density at radius 2 is 2.15 bits per heavy atom. The van der Waals surface area contributed by atoms with Gasteiger partial charge < -0.3 is 15.9 Å². The van der Waals surface area contributed by atoms with Crippen LogP contribution in [0.15, 0.2) is 12.1 Å². The van der Waals surface area contributed by atoms with Crippen LogP contribution in [0.25, 0.3) is 0 Å². The number of hydrogen-bond donors (Lipinski definition) is 3. The van der Waals surface area contributed by atoms with Gasteiger partial charge in [-0.05, 0) is 18.6 Å². The molecule has 0 fully saturated rings. The normalized spacial score (nSPS) is 12.9. The Labute approximate surface area is 75.6 Å². The van der Waals surface area contributed by atoms with Crippen molar-refractivity contribution in [1.82, 2.24) is 0 Å². The Bertz CT molecular complexity index is 315. The standard InChI is InChI=1S/C9H12FNO2/c1-5-2-6(8(11)4-12)9(13)7(10)3-5/h2-3,8,12-13H,4,11H2,1H3. The minimum absolute atomic E-state index is 0.236. The summed E-state index contributed by atoms with van der Waals surface area (Å²) in [4.78, 5) is 0. The molecular weight excluding hydrogens is 173 g/mol. The molecule has 0 saturated heterocycles. The highest BCUT2D eigenvalue weighted by atomic mass is 19.1. The van der Waals surface area contributed by atoms with E-state index in [0.29, 0.717) is 5.56 Å². The lowest BCUT2D eigenvalue weighted by Crippen LogP contribution is -2.15. The molecule has 1 aromatic rings. The summed E-state index contributed by atoms with van der Waals surface area (Å²) < 4.78 is 12.9. The van der Waals surface area contributed by atoms with Gasteiger partial charge in [-0.3, -0.25) is 0 Å². The van der Waals surface area contributed by atoms with E-state index < -0.39 is 17.6 Å². The molecule has 1 atom stereocenters. The summed E-state index contributed by atoms with van der Waals surface area (Å²) in [5, 5.41) is 18.0. The Morgan fingerprint density at radius 1 is 1.54 bits per heavy atom. The number of phenols is 1. The Hall–Kier alpha value is -1.13. The van der Waals surface area contributed by atoms with Crippen molar-refractivity contribution in [1.29, 1.82) is 0 Å². The minimum atomic E-state index is -0.741. The molecule has 0 aliphatic heterocycles. The maximum absolute atomic E-state index is 12.9. The Kier molecular flexibility index (Phi) is 2.85. The number of hydrogen-bond acceptors (Lipinski definition) is 3. The number of aliphatic hydroxyl groups is 1. The van der Waals surface area contributed by atoms with Gasteiger partial charge in [0.05, 0.1) is 12.6 Å². The van der Waals surface area contributed by atoms with Crippen molar-refractivity contribution in [3.63, 3.8) is 0 Å². The second kappa shape index (κ2) is 3.72.